The quantitative estimate of drug-likeness (QED) is 0.811. The molecule has 7 heteroatoms. The largest absolute Gasteiger partial charge is 0.493 e. The third-order valence-corrected chi connectivity index (χ3v) is 3.44. The van der Waals surface area contributed by atoms with Gasteiger partial charge in [0.2, 0.25) is 5.75 Å². The van der Waals surface area contributed by atoms with Crippen LogP contribution in [0.15, 0.2) is 24.5 Å². The van der Waals surface area contributed by atoms with Gasteiger partial charge in [-0.15, -0.1) is 0 Å². The maximum atomic E-state index is 12.6. The van der Waals surface area contributed by atoms with Crippen molar-refractivity contribution in [3.05, 3.63) is 35.7 Å². The molecule has 0 unspecified atom stereocenters. The monoisotopic (exact) mass is 319 g/mol. The fourth-order valence-corrected chi connectivity index (χ4v) is 2.32. The molecule has 0 N–H and O–H groups in total. The highest BCUT2D eigenvalue weighted by Gasteiger charge is 2.19. The third kappa shape index (κ3) is 3.56. The fraction of sp³-hybridized carbons (Fsp3) is 0.375. The van der Waals surface area contributed by atoms with Crippen LogP contribution in [0.4, 0.5) is 0 Å². The lowest BCUT2D eigenvalue weighted by molar-refractivity contribution is 0.0784. The molecule has 1 amide bonds. The first kappa shape index (κ1) is 16.7. The summed E-state index contributed by atoms with van der Waals surface area (Å²) in [7, 11) is 8.13. The summed E-state index contributed by atoms with van der Waals surface area (Å²) in [5.41, 5.74) is 1.42. The van der Waals surface area contributed by atoms with Crippen molar-refractivity contribution in [3.63, 3.8) is 0 Å². The molecular weight excluding hydrogens is 298 g/mol. The second-order valence-electron chi connectivity index (χ2n) is 5.10. The number of rotatable bonds is 6. The van der Waals surface area contributed by atoms with Gasteiger partial charge in [0.1, 0.15) is 0 Å². The summed E-state index contributed by atoms with van der Waals surface area (Å²) in [6.07, 6.45) is 3.61. The van der Waals surface area contributed by atoms with Gasteiger partial charge in [-0.2, -0.15) is 5.10 Å². The molecule has 0 radical (unpaired) electrons. The molecule has 23 heavy (non-hydrogen) atoms. The summed E-state index contributed by atoms with van der Waals surface area (Å²) in [6.45, 7) is 0.462. The minimum Gasteiger partial charge on any atom is -0.493 e. The molecule has 1 heterocycles. The molecule has 0 saturated heterocycles. The van der Waals surface area contributed by atoms with Gasteiger partial charge in [-0.25, -0.2) is 0 Å². The summed E-state index contributed by atoms with van der Waals surface area (Å²) in [5.74, 6) is 1.21. The molecule has 2 rings (SSSR count). The molecule has 0 bridgehead atoms. The van der Waals surface area contributed by atoms with Crippen molar-refractivity contribution in [1.29, 1.82) is 0 Å². The molecule has 0 spiro atoms. The zero-order chi connectivity index (χ0) is 17.0. The number of ether oxygens (including phenoxy) is 3. The zero-order valence-corrected chi connectivity index (χ0v) is 14.0. The molecule has 7 nitrogen and oxygen atoms in total. The third-order valence-electron chi connectivity index (χ3n) is 3.44. The lowest BCUT2D eigenvalue weighted by Gasteiger charge is -2.18. The Kier molecular flexibility index (Phi) is 5.10. The van der Waals surface area contributed by atoms with E-state index in [1.54, 1.807) is 35.0 Å². The second kappa shape index (κ2) is 7.04. The molecule has 0 aliphatic rings. The van der Waals surface area contributed by atoms with Crippen molar-refractivity contribution >= 4 is 5.91 Å². The highest BCUT2D eigenvalue weighted by Crippen LogP contribution is 2.38. The second-order valence-corrected chi connectivity index (χ2v) is 5.10. The SMILES string of the molecule is COc1cc(C(=O)N(C)Cc2cnn(C)c2)cc(OC)c1OC. The van der Waals surface area contributed by atoms with Gasteiger partial charge >= 0.3 is 0 Å². The Morgan fingerprint density at radius 1 is 1.17 bits per heavy atom. The molecule has 2 aromatic rings. The average molecular weight is 319 g/mol. The number of aryl methyl sites for hydroxylation is 1. The minimum absolute atomic E-state index is 0.145. The first-order chi connectivity index (χ1) is 11.0. The number of hydrogen-bond acceptors (Lipinski definition) is 5. The van der Waals surface area contributed by atoms with E-state index in [2.05, 4.69) is 5.10 Å². The van der Waals surface area contributed by atoms with Crippen LogP contribution in [-0.2, 0) is 13.6 Å². The average Bonchev–Trinajstić information content (AvgIpc) is 2.97. The number of methoxy groups -OCH3 is 3. The van der Waals surface area contributed by atoms with Crippen molar-refractivity contribution in [2.24, 2.45) is 7.05 Å². The smallest absolute Gasteiger partial charge is 0.254 e. The Balaban J connectivity index is 2.27. The summed E-state index contributed by atoms with van der Waals surface area (Å²) < 4.78 is 17.5. The number of carbonyl (C=O) groups excluding carboxylic acids is 1. The van der Waals surface area contributed by atoms with E-state index in [1.807, 2.05) is 13.2 Å². The van der Waals surface area contributed by atoms with E-state index in [0.29, 0.717) is 29.4 Å². The Bertz CT molecular complexity index is 671. The number of carbonyl (C=O) groups is 1. The Morgan fingerprint density at radius 2 is 1.78 bits per heavy atom. The summed E-state index contributed by atoms with van der Waals surface area (Å²) >= 11 is 0. The molecule has 124 valence electrons. The molecule has 0 aliphatic carbocycles. The molecule has 1 aromatic carbocycles. The topological polar surface area (TPSA) is 65.8 Å². The Labute approximate surface area is 135 Å². The highest BCUT2D eigenvalue weighted by atomic mass is 16.5. The lowest BCUT2D eigenvalue weighted by atomic mass is 10.1. The maximum Gasteiger partial charge on any atom is 0.254 e. The van der Waals surface area contributed by atoms with Crippen LogP contribution in [-0.4, -0.2) is 49.0 Å². The normalized spacial score (nSPS) is 10.3. The Hall–Kier alpha value is -2.70. The van der Waals surface area contributed by atoms with Crippen LogP contribution in [0.25, 0.3) is 0 Å². The van der Waals surface area contributed by atoms with E-state index >= 15 is 0 Å². The zero-order valence-electron chi connectivity index (χ0n) is 14.0. The summed E-state index contributed by atoms with van der Waals surface area (Å²) in [4.78, 5) is 14.2. The van der Waals surface area contributed by atoms with Gasteiger partial charge in [-0.1, -0.05) is 0 Å². The van der Waals surface area contributed by atoms with E-state index in [4.69, 9.17) is 14.2 Å². The highest BCUT2D eigenvalue weighted by molar-refractivity contribution is 5.95. The van der Waals surface area contributed by atoms with Crippen molar-refractivity contribution in [3.8, 4) is 17.2 Å². The van der Waals surface area contributed by atoms with Crippen LogP contribution in [0.2, 0.25) is 0 Å². The van der Waals surface area contributed by atoms with Crippen LogP contribution >= 0.6 is 0 Å². The van der Waals surface area contributed by atoms with E-state index < -0.39 is 0 Å². The van der Waals surface area contributed by atoms with E-state index in [9.17, 15) is 4.79 Å². The maximum absolute atomic E-state index is 12.6. The van der Waals surface area contributed by atoms with Gasteiger partial charge in [0.25, 0.3) is 5.91 Å². The van der Waals surface area contributed by atoms with Crippen LogP contribution in [0.3, 0.4) is 0 Å². The van der Waals surface area contributed by atoms with Gasteiger partial charge in [0, 0.05) is 38.0 Å². The number of nitrogens with zero attached hydrogens (tertiary/aromatic N) is 3. The number of aromatic nitrogens is 2. The van der Waals surface area contributed by atoms with Crippen molar-refractivity contribution < 1.29 is 19.0 Å². The number of amides is 1. The first-order valence-corrected chi connectivity index (χ1v) is 7.03. The molecule has 0 aliphatic heterocycles. The predicted molar refractivity (Wildman–Crippen MR) is 85.1 cm³/mol. The van der Waals surface area contributed by atoms with Crippen molar-refractivity contribution in [2.75, 3.05) is 28.4 Å². The van der Waals surface area contributed by atoms with E-state index in [1.165, 1.54) is 21.3 Å². The molecular formula is C16H21N3O4. The fourth-order valence-electron chi connectivity index (χ4n) is 2.32. The molecule has 1 aromatic heterocycles. The summed E-state index contributed by atoms with van der Waals surface area (Å²) in [6, 6.07) is 3.28. The lowest BCUT2D eigenvalue weighted by Crippen LogP contribution is -2.26. The van der Waals surface area contributed by atoms with Gasteiger partial charge in [-0.3, -0.25) is 9.48 Å². The predicted octanol–water partition coefficient (Wildman–Crippen LogP) is 1.72. The van der Waals surface area contributed by atoms with Crippen molar-refractivity contribution in [1.82, 2.24) is 14.7 Å². The van der Waals surface area contributed by atoms with Crippen molar-refractivity contribution in [2.45, 2.75) is 6.54 Å². The number of benzene rings is 1. The van der Waals surface area contributed by atoms with Crippen LogP contribution < -0.4 is 14.2 Å². The molecule has 0 fully saturated rings. The standard InChI is InChI=1S/C16H21N3O4/c1-18(9-11-8-17-19(2)10-11)16(20)12-6-13(21-3)15(23-5)14(7-12)22-4/h6-8,10H,9H2,1-5H3. The van der Waals surface area contributed by atoms with E-state index in [-0.39, 0.29) is 5.91 Å². The summed E-state index contributed by atoms with van der Waals surface area (Å²) in [5, 5.41) is 4.10. The Morgan fingerprint density at radius 3 is 2.22 bits per heavy atom. The van der Waals surface area contributed by atoms with Gasteiger partial charge in [-0.05, 0) is 12.1 Å². The minimum atomic E-state index is -0.145. The van der Waals surface area contributed by atoms with Gasteiger partial charge in [0.15, 0.2) is 11.5 Å². The number of hydrogen-bond donors (Lipinski definition) is 0. The van der Waals surface area contributed by atoms with Crippen LogP contribution in [0.5, 0.6) is 17.2 Å². The van der Waals surface area contributed by atoms with Crippen LogP contribution in [0, 0.1) is 0 Å². The van der Waals surface area contributed by atoms with Gasteiger partial charge in [0.05, 0.1) is 27.5 Å². The van der Waals surface area contributed by atoms with E-state index in [0.717, 1.165) is 5.56 Å². The first-order valence-electron chi connectivity index (χ1n) is 7.03. The molecule has 0 atom stereocenters. The molecule has 0 saturated carbocycles. The van der Waals surface area contributed by atoms with Crippen LogP contribution in [0.1, 0.15) is 15.9 Å². The van der Waals surface area contributed by atoms with Gasteiger partial charge < -0.3 is 19.1 Å².